The van der Waals surface area contributed by atoms with Gasteiger partial charge in [-0.15, -0.1) is 0 Å². The van der Waals surface area contributed by atoms with Gasteiger partial charge < -0.3 is 15.8 Å². The number of anilines is 1. The van der Waals surface area contributed by atoms with Crippen molar-refractivity contribution in [2.24, 2.45) is 0 Å². The lowest BCUT2D eigenvalue weighted by Crippen LogP contribution is -2.08. The van der Waals surface area contributed by atoms with Crippen molar-refractivity contribution in [3.05, 3.63) is 45.9 Å². The van der Waals surface area contributed by atoms with E-state index in [0.29, 0.717) is 22.3 Å². The number of phenolic OH excluding ortho intramolecular Hbond substituents is 1. The highest BCUT2D eigenvalue weighted by atomic mass is 32.2. The highest BCUT2D eigenvalue weighted by Crippen LogP contribution is 2.24. The lowest BCUT2D eigenvalue weighted by Gasteiger charge is -2.04. The number of nitrogens with zero attached hydrogens (tertiary/aromatic N) is 1. The molecule has 1 aromatic carbocycles. The summed E-state index contributed by atoms with van der Waals surface area (Å²) < 4.78 is 0. The zero-order valence-corrected chi connectivity index (χ0v) is 10.6. The molecule has 0 aliphatic rings. The fourth-order valence-electron chi connectivity index (χ4n) is 1.47. The number of nitrogen functional groups attached to an aromatic ring is 1. The van der Waals surface area contributed by atoms with E-state index < -0.39 is 0 Å². The van der Waals surface area contributed by atoms with Crippen LogP contribution in [0, 0.1) is 6.92 Å². The fraction of sp³-hybridized carbons (Fsp3) is 0.167. The maximum atomic E-state index is 11.3. The van der Waals surface area contributed by atoms with Gasteiger partial charge in [-0.3, -0.25) is 4.79 Å². The first-order valence-electron chi connectivity index (χ1n) is 5.33. The standard InChI is InChI=1S/C12H13N3O2S/c1-7-4-11(17)15-12(14-7)18-6-8-2-3-10(16)9(13)5-8/h2-5,16H,6,13H2,1H3,(H,14,15,17). The lowest BCUT2D eigenvalue weighted by molar-refractivity contribution is 0.478. The predicted octanol–water partition coefficient (Wildman–Crippen LogP) is 1.66. The zero-order chi connectivity index (χ0) is 13.1. The minimum atomic E-state index is -0.157. The summed E-state index contributed by atoms with van der Waals surface area (Å²) in [5.41, 5.74) is 7.44. The molecular formula is C12H13N3O2S. The third-order valence-electron chi connectivity index (χ3n) is 2.32. The Morgan fingerprint density at radius 3 is 2.89 bits per heavy atom. The number of hydrogen-bond acceptors (Lipinski definition) is 5. The second kappa shape index (κ2) is 5.14. The van der Waals surface area contributed by atoms with Gasteiger partial charge in [-0.1, -0.05) is 17.8 Å². The summed E-state index contributed by atoms with van der Waals surface area (Å²) in [4.78, 5) is 18.1. The van der Waals surface area contributed by atoms with Crippen LogP contribution in [0.15, 0.2) is 34.2 Å². The number of aromatic hydroxyl groups is 1. The van der Waals surface area contributed by atoms with Gasteiger partial charge >= 0.3 is 0 Å². The van der Waals surface area contributed by atoms with Crippen LogP contribution in [-0.4, -0.2) is 15.1 Å². The van der Waals surface area contributed by atoms with Gasteiger partial charge in [0.1, 0.15) is 5.75 Å². The van der Waals surface area contributed by atoms with Crippen molar-refractivity contribution >= 4 is 17.4 Å². The van der Waals surface area contributed by atoms with Crippen molar-refractivity contribution in [2.75, 3.05) is 5.73 Å². The third-order valence-corrected chi connectivity index (χ3v) is 3.26. The maximum Gasteiger partial charge on any atom is 0.251 e. The van der Waals surface area contributed by atoms with Crippen LogP contribution >= 0.6 is 11.8 Å². The Kier molecular flexibility index (Phi) is 3.57. The third kappa shape index (κ3) is 3.04. The van der Waals surface area contributed by atoms with Crippen LogP contribution in [-0.2, 0) is 5.75 Å². The topological polar surface area (TPSA) is 92.0 Å². The van der Waals surface area contributed by atoms with Gasteiger partial charge in [0.25, 0.3) is 5.56 Å². The Morgan fingerprint density at radius 1 is 1.44 bits per heavy atom. The van der Waals surface area contributed by atoms with E-state index in [4.69, 9.17) is 5.73 Å². The molecule has 0 amide bonds. The van der Waals surface area contributed by atoms with E-state index in [1.807, 2.05) is 0 Å². The summed E-state index contributed by atoms with van der Waals surface area (Å²) in [6.45, 7) is 1.78. The van der Waals surface area contributed by atoms with Crippen molar-refractivity contribution < 1.29 is 5.11 Å². The first-order valence-corrected chi connectivity index (χ1v) is 6.31. The van der Waals surface area contributed by atoms with E-state index in [1.54, 1.807) is 25.1 Å². The molecule has 0 radical (unpaired) electrons. The molecule has 0 atom stereocenters. The molecule has 5 nitrogen and oxygen atoms in total. The molecular weight excluding hydrogens is 250 g/mol. The van der Waals surface area contributed by atoms with Crippen molar-refractivity contribution in [1.82, 2.24) is 9.97 Å². The molecule has 1 heterocycles. The molecule has 0 saturated carbocycles. The van der Waals surface area contributed by atoms with E-state index in [1.165, 1.54) is 17.8 Å². The number of hydrogen-bond donors (Lipinski definition) is 3. The van der Waals surface area contributed by atoms with E-state index in [9.17, 15) is 9.90 Å². The molecule has 0 aliphatic carbocycles. The first-order chi connectivity index (χ1) is 8.54. The number of rotatable bonds is 3. The van der Waals surface area contributed by atoms with Crippen molar-refractivity contribution in [2.45, 2.75) is 17.8 Å². The van der Waals surface area contributed by atoms with Crippen LogP contribution in [0.5, 0.6) is 5.75 Å². The quantitative estimate of drug-likeness (QED) is 0.339. The van der Waals surface area contributed by atoms with Crippen LogP contribution < -0.4 is 11.3 Å². The summed E-state index contributed by atoms with van der Waals surface area (Å²) in [5, 5.41) is 9.89. The Bertz CT molecular complexity index is 625. The number of phenols is 1. The normalized spacial score (nSPS) is 10.5. The Hall–Kier alpha value is -1.95. The molecule has 0 bridgehead atoms. The van der Waals surface area contributed by atoms with Crippen LogP contribution in [0.4, 0.5) is 5.69 Å². The summed E-state index contributed by atoms with van der Waals surface area (Å²) in [6.07, 6.45) is 0. The van der Waals surface area contributed by atoms with E-state index >= 15 is 0 Å². The second-order valence-corrected chi connectivity index (χ2v) is 4.84. The Morgan fingerprint density at radius 2 is 2.22 bits per heavy atom. The number of thioether (sulfide) groups is 1. The predicted molar refractivity (Wildman–Crippen MR) is 71.7 cm³/mol. The van der Waals surface area contributed by atoms with Gasteiger partial charge in [0, 0.05) is 17.5 Å². The molecule has 2 aromatic rings. The average molecular weight is 263 g/mol. The van der Waals surface area contributed by atoms with Gasteiger partial charge in [-0.2, -0.15) is 0 Å². The highest BCUT2D eigenvalue weighted by Gasteiger charge is 2.02. The molecule has 6 heteroatoms. The summed E-state index contributed by atoms with van der Waals surface area (Å²) in [5.74, 6) is 0.697. The number of H-pyrrole nitrogens is 1. The maximum absolute atomic E-state index is 11.3. The highest BCUT2D eigenvalue weighted by molar-refractivity contribution is 7.98. The monoisotopic (exact) mass is 263 g/mol. The van der Waals surface area contributed by atoms with Gasteiger partial charge in [0.2, 0.25) is 0 Å². The largest absolute Gasteiger partial charge is 0.506 e. The number of aromatic amines is 1. The number of nitrogens with two attached hydrogens (primary N) is 1. The van der Waals surface area contributed by atoms with Gasteiger partial charge in [-0.05, 0) is 24.6 Å². The average Bonchev–Trinajstić information content (AvgIpc) is 2.29. The molecule has 0 unspecified atom stereocenters. The van der Waals surface area contributed by atoms with Crippen molar-refractivity contribution in [1.29, 1.82) is 0 Å². The first kappa shape index (κ1) is 12.5. The molecule has 0 spiro atoms. The van der Waals surface area contributed by atoms with Gasteiger partial charge in [0.15, 0.2) is 5.16 Å². The van der Waals surface area contributed by atoms with Crippen LogP contribution in [0.25, 0.3) is 0 Å². The number of nitrogens with one attached hydrogen (secondary N) is 1. The summed E-state index contributed by atoms with van der Waals surface area (Å²) >= 11 is 1.41. The van der Waals surface area contributed by atoms with Crippen LogP contribution in [0.1, 0.15) is 11.3 Å². The number of benzene rings is 1. The summed E-state index contributed by atoms with van der Waals surface area (Å²) in [6, 6.07) is 6.49. The van der Waals surface area contributed by atoms with Crippen molar-refractivity contribution in [3.63, 3.8) is 0 Å². The lowest BCUT2D eigenvalue weighted by atomic mass is 10.2. The van der Waals surface area contributed by atoms with Gasteiger partial charge in [0.05, 0.1) is 5.69 Å². The SMILES string of the molecule is Cc1cc(=O)[nH]c(SCc2ccc(O)c(N)c2)n1. The summed E-state index contributed by atoms with van der Waals surface area (Å²) in [7, 11) is 0. The zero-order valence-electron chi connectivity index (χ0n) is 9.80. The Labute approximate surface area is 108 Å². The minimum Gasteiger partial charge on any atom is -0.506 e. The molecule has 94 valence electrons. The molecule has 2 rings (SSSR count). The minimum absolute atomic E-state index is 0.0748. The van der Waals surface area contributed by atoms with Crippen LogP contribution in [0.3, 0.4) is 0 Å². The number of aromatic nitrogens is 2. The molecule has 0 aliphatic heterocycles. The van der Waals surface area contributed by atoms with Gasteiger partial charge in [-0.25, -0.2) is 4.98 Å². The molecule has 0 saturated heterocycles. The van der Waals surface area contributed by atoms with Crippen LogP contribution in [0.2, 0.25) is 0 Å². The van der Waals surface area contributed by atoms with E-state index in [2.05, 4.69) is 9.97 Å². The van der Waals surface area contributed by atoms with E-state index in [-0.39, 0.29) is 11.3 Å². The molecule has 1 aromatic heterocycles. The fourth-order valence-corrected chi connectivity index (χ4v) is 2.33. The smallest absolute Gasteiger partial charge is 0.251 e. The molecule has 4 N–H and O–H groups in total. The molecule has 18 heavy (non-hydrogen) atoms. The van der Waals surface area contributed by atoms with E-state index in [0.717, 1.165) is 5.56 Å². The van der Waals surface area contributed by atoms with Crippen molar-refractivity contribution in [3.8, 4) is 5.75 Å². The molecule has 0 fully saturated rings. The Balaban J connectivity index is 2.11. The second-order valence-electron chi connectivity index (χ2n) is 3.87. The number of aryl methyl sites for hydroxylation is 1.